The van der Waals surface area contributed by atoms with Crippen LogP contribution >= 0.6 is 0 Å². The zero-order valence-corrected chi connectivity index (χ0v) is 18.1. The van der Waals surface area contributed by atoms with Crippen molar-refractivity contribution < 1.29 is 19.1 Å². The molecule has 0 aliphatic rings. The Morgan fingerprint density at radius 2 is 1.70 bits per heavy atom. The van der Waals surface area contributed by atoms with E-state index < -0.39 is 17.9 Å². The SMILES string of the molecule is CCCCCCOc1ccc(C(=O)NNC(=O)C(CC)Oc2cccc(C)c2)cc1. The quantitative estimate of drug-likeness (QED) is 0.419. The minimum absolute atomic E-state index is 0.400. The van der Waals surface area contributed by atoms with Gasteiger partial charge in [-0.1, -0.05) is 45.2 Å². The van der Waals surface area contributed by atoms with Crippen LogP contribution in [0.1, 0.15) is 61.9 Å². The number of hydrogen-bond donors (Lipinski definition) is 2. The highest BCUT2D eigenvalue weighted by Crippen LogP contribution is 2.16. The van der Waals surface area contributed by atoms with E-state index in [-0.39, 0.29) is 0 Å². The van der Waals surface area contributed by atoms with Gasteiger partial charge in [0, 0.05) is 5.56 Å². The maximum atomic E-state index is 12.4. The summed E-state index contributed by atoms with van der Waals surface area (Å²) in [6.45, 7) is 6.65. The highest BCUT2D eigenvalue weighted by atomic mass is 16.5. The molecule has 1 unspecified atom stereocenters. The van der Waals surface area contributed by atoms with Gasteiger partial charge in [-0.05, 0) is 61.7 Å². The van der Waals surface area contributed by atoms with Gasteiger partial charge in [0.15, 0.2) is 6.10 Å². The number of carbonyl (C=O) groups is 2. The van der Waals surface area contributed by atoms with Crippen molar-refractivity contribution in [1.82, 2.24) is 10.9 Å². The summed E-state index contributed by atoms with van der Waals surface area (Å²) in [5.74, 6) is 0.543. The third kappa shape index (κ3) is 7.78. The summed E-state index contributed by atoms with van der Waals surface area (Å²) in [4.78, 5) is 24.7. The van der Waals surface area contributed by atoms with E-state index in [0.717, 1.165) is 24.2 Å². The van der Waals surface area contributed by atoms with Crippen LogP contribution in [-0.4, -0.2) is 24.5 Å². The first-order valence-electron chi connectivity index (χ1n) is 10.6. The molecule has 30 heavy (non-hydrogen) atoms. The minimum Gasteiger partial charge on any atom is -0.494 e. The summed E-state index contributed by atoms with van der Waals surface area (Å²) in [5.41, 5.74) is 6.36. The lowest BCUT2D eigenvalue weighted by Crippen LogP contribution is -2.47. The summed E-state index contributed by atoms with van der Waals surface area (Å²) in [6.07, 6.45) is 4.35. The predicted octanol–water partition coefficient (Wildman–Crippen LogP) is 4.57. The summed E-state index contributed by atoms with van der Waals surface area (Å²) in [5, 5.41) is 0. The van der Waals surface area contributed by atoms with Gasteiger partial charge < -0.3 is 9.47 Å². The van der Waals surface area contributed by atoms with Gasteiger partial charge in [0.2, 0.25) is 0 Å². The van der Waals surface area contributed by atoms with E-state index in [9.17, 15) is 9.59 Å². The highest BCUT2D eigenvalue weighted by molar-refractivity contribution is 5.95. The van der Waals surface area contributed by atoms with Crippen LogP contribution in [0.4, 0.5) is 0 Å². The van der Waals surface area contributed by atoms with Crippen LogP contribution in [0.5, 0.6) is 11.5 Å². The largest absolute Gasteiger partial charge is 0.494 e. The van der Waals surface area contributed by atoms with Crippen molar-refractivity contribution in [3.8, 4) is 11.5 Å². The normalized spacial score (nSPS) is 11.4. The molecule has 0 spiro atoms. The monoisotopic (exact) mass is 412 g/mol. The van der Waals surface area contributed by atoms with Crippen LogP contribution in [-0.2, 0) is 4.79 Å². The first kappa shape index (κ1) is 23.3. The topological polar surface area (TPSA) is 76.7 Å². The molecule has 2 rings (SSSR count). The number of hydrogen-bond acceptors (Lipinski definition) is 4. The summed E-state index contributed by atoms with van der Waals surface area (Å²) >= 11 is 0. The number of benzene rings is 2. The first-order valence-corrected chi connectivity index (χ1v) is 10.6. The lowest BCUT2D eigenvalue weighted by molar-refractivity contribution is -0.128. The Kier molecular flexibility index (Phi) is 9.71. The van der Waals surface area contributed by atoms with Crippen LogP contribution in [0.15, 0.2) is 48.5 Å². The molecule has 2 N–H and O–H groups in total. The number of rotatable bonds is 11. The second kappa shape index (κ2) is 12.5. The molecule has 0 saturated heterocycles. The maximum absolute atomic E-state index is 12.4. The van der Waals surface area contributed by atoms with Crippen molar-refractivity contribution in [2.45, 2.75) is 59.0 Å². The summed E-state index contributed by atoms with van der Waals surface area (Å²) in [6, 6.07) is 14.3. The Morgan fingerprint density at radius 1 is 0.933 bits per heavy atom. The van der Waals surface area contributed by atoms with Gasteiger partial charge in [-0.25, -0.2) is 0 Å². The fraction of sp³-hybridized carbons (Fsp3) is 0.417. The van der Waals surface area contributed by atoms with Crippen LogP contribution in [0.2, 0.25) is 0 Å². The Hall–Kier alpha value is -3.02. The Morgan fingerprint density at radius 3 is 2.37 bits per heavy atom. The van der Waals surface area contributed by atoms with Crippen LogP contribution in [0, 0.1) is 6.92 Å². The molecule has 0 aliphatic carbocycles. The van der Waals surface area contributed by atoms with E-state index in [2.05, 4.69) is 17.8 Å². The number of ether oxygens (including phenoxy) is 2. The molecule has 2 aromatic rings. The van der Waals surface area contributed by atoms with Crippen molar-refractivity contribution in [3.63, 3.8) is 0 Å². The van der Waals surface area contributed by atoms with Gasteiger partial charge in [0.1, 0.15) is 11.5 Å². The molecule has 0 bridgehead atoms. The van der Waals surface area contributed by atoms with Gasteiger partial charge in [0.05, 0.1) is 6.61 Å². The van der Waals surface area contributed by atoms with Gasteiger partial charge in [-0.15, -0.1) is 0 Å². The second-order valence-corrected chi connectivity index (χ2v) is 7.21. The summed E-state index contributed by atoms with van der Waals surface area (Å²) in [7, 11) is 0. The van der Waals surface area contributed by atoms with Gasteiger partial charge in [-0.2, -0.15) is 0 Å². The second-order valence-electron chi connectivity index (χ2n) is 7.21. The third-order valence-corrected chi connectivity index (χ3v) is 4.61. The zero-order valence-electron chi connectivity index (χ0n) is 18.1. The smallest absolute Gasteiger partial charge is 0.279 e. The van der Waals surface area contributed by atoms with Crippen molar-refractivity contribution in [3.05, 3.63) is 59.7 Å². The average molecular weight is 413 g/mol. The number of carbonyl (C=O) groups excluding carboxylic acids is 2. The van der Waals surface area contributed by atoms with Crippen molar-refractivity contribution in [2.24, 2.45) is 0 Å². The Labute approximate surface area is 178 Å². The van der Waals surface area contributed by atoms with E-state index in [1.807, 2.05) is 32.0 Å². The number of hydrazine groups is 1. The van der Waals surface area contributed by atoms with E-state index in [4.69, 9.17) is 9.47 Å². The number of aryl methyl sites for hydroxylation is 1. The molecule has 0 radical (unpaired) electrons. The lowest BCUT2D eigenvalue weighted by atomic mass is 10.2. The Bertz CT molecular complexity index is 805. The van der Waals surface area contributed by atoms with E-state index in [0.29, 0.717) is 24.3 Å². The van der Waals surface area contributed by atoms with Gasteiger partial charge >= 0.3 is 0 Å². The van der Waals surface area contributed by atoms with Gasteiger partial charge in [0.25, 0.3) is 11.8 Å². The van der Waals surface area contributed by atoms with Crippen LogP contribution in [0.3, 0.4) is 0 Å². The molecule has 162 valence electrons. The fourth-order valence-electron chi connectivity index (χ4n) is 2.87. The zero-order chi connectivity index (χ0) is 21.8. The van der Waals surface area contributed by atoms with E-state index in [1.165, 1.54) is 12.8 Å². The number of nitrogens with one attached hydrogen (secondary N) is 2. The van der Waals surface area contributed by atoms with Gasteiger partial charge in [-0.3, -0.25) is 20.4 Å². The molecule has 6 heteroatoms. The van der Waals surface area contributed by atoms with Crippen molar-refractivity contribution in [2.75, 3.05) is 6.61 Å². The van der Waals surface area contributed by atoms with Crippen molar-refractivity contribution >= 4 is 11.8 Å². The molecule has 0 fully saturated rings. The molecular formula is C24H32N2O4. The molecule has 0 saturated carbocycles. The standard InChI is InChI=1S/C24H32N2O4/c1-4-6-7-8-16-29-20-14-12-19(13-15-20)23(27)25-26-24(28)22(5-2)30-21-11-9-10-18(3)17-21/h9-15,17,22H,4-8,16H2,1-3H3,(H,25,27)(H,26,28). The minimum atomic E-state index is -0.699. The average Bonchev–Trinajstić information content (AvgIpc) is 2.76. The molecule has 1 atom stereocenters. The van der Waals surface area contributed by atoms with E-state index in [1.54, 1.807) is 30.3 Å². The van der Waals surface area contributed by atoms with E-state index >= 15 is 0 Å². The molecule has 2 aromatic carbocycles. The third-order valence-electron chi connectivity index (χ3n) is 4.61. The molecule has 2 amide bonds. The molecule has 0 heterocycles. The predicted molar refractivity (Wildman–Crippen MR) is 118 cm³/mol. The fourth-order valence-corrected chi connectivity index (χ4v) is 2.87. The molecule has 0 aliphatic heterocycles. The molecule has 0 aromatic heterocycles. The first-order chi connectivity index (χ1) is 14.5. The van der Waals surface area contributed by atoms with Crippen LogP contribution in [0.25, 0.3) is 0 Å². The molecule has 6 nitrogen and oxygen atoms in total. The maximum Gasteiger partial charge on any atom is 0.279 e. The van der Waals surface area contributed by atoms with Crippen molar-refractivity contribution in [1.29, 1.82) is 0 Å². The highest BCUT2D eigenvalue weighted by Gasteiger charge is 2.19. The number of unbranched alkanes of at least 4 members (excludes halogenated alkanes) is 3. The summed E-state index contributed by atoms with van der Waals surface area (Å²) < 4.78 is 11.4. The molecular weight excluding hydrogens is 380 g/mol. The lowest BCUT2D eigenvalue weighted by Gasteiger charge is -2.18. The van der Waals surface area contributed by atoms with Crippen LogP contribution < -0.4 is 20.3 Å². The Balaban J connectivity index is 1.80. The number of amides is 2.